The Labute approximate surface area is 189 Å². The molecule has 5 nitrogen and oxygen atoms in total. The summed E-state index contributed by atoms with van der Waals surface area (Å²) in [6.45, 7) is 0. The van der Waals surface area contributed by atoms with E-state index < -0.39 is 5.60 Å². The highest BCUT2D eigenvalue weighted by atomic mass is 35.5. The third kappa shape index (κ3) is 4.73. The van der Waals surface area contributed by atoms with Gasteiger partial charge in [-0.15, -0.1) is 0 Å². The van der Waals surface area contributed by atoms with Crippen LogP contribution in [0, 0.1) is 0 Å². The summed E-state index contributed by atoms with van der Waals surface area (Å²) in [5.74, 6) is 0.932. The first-order valence-corrected chi connectivity index (χ1v) is 10.9. The van der Waals surface area contributed by atoms with Crippen LogP contribution in [0.15, 0.2) is 59.8 Å². The number of nitrogens with zero attached hydrogens (tertiary/aromatic N) is 2. The lowest BCUT2D eigenvalue weighted by Crippen LogP contribution is -2.27. The highest BCUT2D eigenvalue weighted by Crippen LogP contribution is 2.41. The van der Waals surface area contributed by atoms with Crippen molar-refractivity contribution in [2.45, 2.75) is 10.8 Å². The van der Waals surface area contributed by atoms with Crippen molar-refractivity contribution in [1.29, 1.82) is 0 Å². The maximum absolute atomic E-state index is 11.9. The molecular formula is C22H20Cl2N2O3S. The van der Waals surface area contributed by atoms with Crippen LogP contribution in [0.1, 0.15) is 16.7 Å². The molecule has 0 fully saturated rings. The molecule has 8 heteroatoms. The van der Waals surface area contributed by atoms with Crippen molar-refractivity contribution < 1.29 is 14.6 Å². The maximum Gasteiger partial charge on any atom is 0.225 e. The van der Waals surface area contributed by atoms with Crippen LogP contribution in [-0.4, -0.2) is 35.5 Å². The van der Waals surface area contributed by atoms with E-state index >= 15 is 0 Å². The van der Waals surface area contributed by atoms with Gasteiger partial charge in [-0.25, -0.2) is 4.98 Å². The minimum absolute atomic E-state index is 0.100. The summed E-state index contributed by atoms with van der Waals surface area (Å²) in [6.07, 6.45) is 5.25. The summed E-state index contributed by atoms with van der Waals surface area (Å²) in [5, 5.41) is 12.9. The summed E-state index contributed by atoms with van der Waals surface area (Å²) < 4.78 is 10.7. The fraction of sp³-hybridized carbons (Fsp3) is 0.182. The van der Waals surface area contributed by atoms with E-state index in [0.29, 0.717) is 15.7 Å². The molecule has 30 heavy (non-hydrogen) atoms. The molecule has 1 aromatic heterocycles. The number of hydrogen-bond acceptors (Lipinski definition) is 6. The minimum atomic E-state index is -1.66. The third-order valence-corrected chi connectivity index (χ3v) is 5.56. The van der Waals surface area contributed by atoms with E-state index in [1.54, 1.807) is 43.5 Å². The van der Waals surface area contributed by atoms with Crippen LogP contribution in [-0.2, 0) is 5.60 Å². The van der Waals surface area contributed by atoms with Crippen LogP contribution < -0.4 is 9.47 Å². The van der Waals surface area contributed by atoms with E-state index in [0.717, 1.165) is 11.3 Å². The van der Waals surface area contributed by atoms with Crippen molar-refractivity contribution in [2.24, 2.45) is 0 Å². The largest absolute Gasteiger partial charge is 0.497 e. The van der Waals surface area contributed by atoms with Gasteiger partial charge >= 0.3 is 0 Å². The first-order valence-electron chi connectivity index (χ1n) is 8.89. The number of methoxy groups -OCH3 is 2. The average Bonchev–Trinajstić information content (AvgIpc) is 2.77. The molecule has 1 heterocycles. The fourth-order valence-corrected chi connectivity index (χ4v) is 3.75. The van der Waals surface area contributed by atoms with Gasteiger partial charge in [0, 0.05) is 5.02 Å². The number of rotatable bonds is 7. The average molecular weight is 463 g/mol. The summed E-state index contributed by atoms with van der Waals surface area (Å²) in [6, 6.07) is 14.3. The van der Waals surface area contributed by atoms with Gasteiger partial charge < -0.3 is 14.6 Å². The summed E-state index contributed by atoms with van der Waals surface area (Å²) in [4.78, 5) is 8.65. The van der Waals surface area contributed by atoms with Gasteiger partial charge in [0.1, 0.15) is 16.5 Å². The third-order valence-electron chi connectivity index (χ3n) is 4.49. The van der Waals surface area contributed by atoms with Crippen molar-refractivity contribution in [3.05, 3.63) is 81.5 Å². The molecule has 0 saturated carbocycles. The molecule has 1 atom stereocenters. The smallest absolute Gasteiger partial charge is 0.225 e. The molecule has 0 radical (unpaired) electrons. The topological polar surface area (TPSA) is 64.5 Å². The Hall–Kier alpha value is -2.25. The van der Waals surface area contributed by atoms with Crippen molar-refractivity contribution in [2.75, 3.05) is 20.5 Å². The predicted molar refractivity (Wildman–Crippen MR) is 122 cm³/mol. The fourth-order valence-electron chi connectivity index (χ4n) is 2.91. The molecule has 0 bridgehead atoms. The van der Waals surface area contributed by atoms with Crippen LogP contribution in [0.25, 0.3) is 6.08 Å². The second-order valence-corrected chi connectivity index (χ2v) is 7.83. The van der Waals surface area contributed by atoms with Crippen molar-refractivity contribution in [3.63, 3.8) is 0 Å². The number of ether oxygens (including phenoxy) is 2. The van der Waals surface area contributed by atoms with Crippen LogP contribution >= 0.6 is 35.0 Å². The van der Waals surface area contributed by atoms with E-state index in [-0.39, 0.29) is 16.6 Å². The summed E-state index contributed by atoms with van der Waals surface area (Å²) >= 11 is 13.9. The Morgan fingerprint density at radius 2 is 1.63 bits per heavy atom. The van der Waals surface area contributed by atoms with Crippen LogP contribution in [0.5, 0.6) is 11.6 Å². The Kier molecular flexibility index (Phi) is 7.26. The molecule has 0 spiro atoms. The van der Waals surface area contributed by atoms with Gasteiger partial charge in [0.25, 0.3) is 0 Å². The number of benzene rings is 2. The molecule has 0 amide bonds. The van der Waals surface area contributed by atoms with Crippen LogP contribution in [0.4, 0.5) is 0 Å². The Morgan fingerprint density at radius 1 is 0.967 bits per heavy atom. The van der Waals surface area contributed by atoms with Gasteiger partial charge in [0.2, 0.25) is 5.88 Å². The summed E-state index contributed by atoms with van der Waals surface area (Å²) in [5.41, 5.74) is -0.0157. The SMILES string of the molecule is COc1ccc(/C=C/C(O)(c2ccc(Cl)cc2)c2c(Cl)nc(SC)nc2OC)cc1. The second kappa shape index (κ2) is 9.71. The molecule has 0 aliphatic rings. The molecule has 0 aliphatic heterocycles. The normalized spacial score (nSPS) is 13.3. The van der Waals surface area contributed by atoms with Crippen LogP contribution in [0.2, 0.25) is 10.2 Å². The van der Waals surface area contributed by atoms with E-state index in [2.05, 4.69) is 9.97 Å². The molecular weight excluding hydrogens is 443 g/mol. The first-order chi connectivity index (χ1) is 14.4. The molecule has 1 N–H and O–H groups in total. The van der Waals surface area contributed by atoms with Gasteiger partial charge in [0.05, 0.1) is 19.8 Å². The lowest BCUT2D eigenvalue weighted by molar-refractivity contribution is 0.130. The number of hydrogen-bond donors (Lipinski definition) is 1. The van der Waals surface area contributed by atoms with Crippen molar-refractivity contribution in [1.82, 2.24) is 9.97 Å². The van der Waals surface area contributed by atoms with Crippen molar-refractivity contribution >= 4 is 41.0 Å². The summed E-state index contributed by atoms with van der Waals surface area (Å²) in [7, 11) is 3.08. The number of thioether (sulfide) groups is 1. The maximum atomic E-state index is 11.9. The van der Waals surface area contributed by atoms with Gasteiger partial charge in [-0.2, -0.15) is 4.98 Å². The van der Waals surface area contributed by atoms with Gasteiger partial charge in [0.15, 0.2) is 5.16 Å². The standard InChI is InChI=1S/C22H20Cl2N2O3S/c1-28-17-10-4-14(5-11-17)12-13-22(27,15-6-8-16(23)9-7-15)18-19(24)25-21(30-3)26-20(18)29-2/h4-13,27H,1-3H3/b13-12+. The van der Waals surface area contributed by atoms with E-state index in [4.69, 9.17) is 32.7 Å². The molecule has 1 unspecified atom stereocenters. The quantitative estimate of drug-likeness (QED) is 0.285. The lowest BCUT2D eigenvalue weighted by Gasteiger charge is -2.28. The zero-order chi connectivity index (χ0) is 21.7. The molecule has 2 aromatic carbocycles. The number of aliphatic hydroxyl groups is 1. The lowest BCUT2D eigenvalue weighted by atomic mass is 9.86. The highest BCUT2D eigenvalue weighted by molar-refractivity contribution is 7.98. The molecule has 3 aromatic rings. The molecule has 0 aliphatic carbocycles. The highest BCUT2D eigenvalue weighted by Gasteiger charge is 2.36. The number of halogens is 2. The van der Waals surface area contributed by atoms with E-state index in [9.17, 15) is 5.11 Å². The molecule has 3 rings (SSSR count). The van der Waals surface area contributed by atoms with Crippen molar-refractivity contribution in [3.8, 4) is 11.6 Å². The zero-order valence-electron chi connectivity index (χ0n) is 16.6. The van der Waals surface area contributed by atoms with Gasteiger partial charge in [-0.1, -0.05) is 65.3 Å². The Balaban J connectivity index is 2.18. The van der Waals surface area contributed by atoms with Gasteiger partial charge in [-0.3, -0.25) is 0 Å². The Morgan fingerprint density at radius 3 is 2.20 bits per heavy atom. The predicted octanol–water partition coefficient (Wildman–Crippen LogP) is 5.47. The monoisotopic (exact) mass is 462 g/mol. The molecule has 0 saturated heterocycles. The number of aromatic nitrogens is 2. The zero-order valence-corrected chi connectivity index (χ0v) is 18.9. The van der Waals surface area contributed by atoms with E-state index in [1.165, 1.54) is 18.9 Å². The Bertz CT molecular complexity index is 1040. The first kappa shape index (κ1) is 22.4. The second-order valence-electron chi connectivity index (χ2n) is 6.27. The van der Waals surface area contributed by atoms with E-state index in [1.807, 2.05) is 30.5 Å². The van der Waals surface area contributed by atoms with Crippen LogP contribution in [0.3, 0.4) is 0 Å². The minimum Gasteiger partial charge on any atom is -0.497 e. The molecule has 156 valence electrons. The van der Waals surface area contributed by atoms with Gasteiger partial charge in [-0.05, 0) is 47.7 Å².